The standard InChI is InChI=1S/C23H25FN2O3.ClH/c1-16-25-10-11-26(16)19-9-8-18(20(24)12-19)14-28-23-15-29-21(13-22(23)27-2)17-6-4-3-5-7-17;/h3-12,21-23H,13-15H2,1-2H3;1H. The fraction of sp³-hybridized carbons (Fsp3) is 0.348. The van der Waals surface area contributed by atoms with Crippen molar-refractivity contribution in [1.82, 2.24) is 9.55 Å². The molecule has 0 radical (unpaired) electrons. The van der Waals surface area contributed by atoms with E-state index in [1.807, 2.05) is 42.0 Å². The number of nitrogens with zero attached hydrogens (tertiary/aromatic N) is 2. The highest BCUT2D eigenvalue weighted by Gasteiger charge is 2.33. The number of benzene rings is 2. The van der Waals surface area contributed by atoms with Crippen LogP contribution in [0.2, 0.25) is 0 Å². The summed E-state index contributed by atoms with van der Waals surface area (Å²) in [5, 5.41) is 0. The number of aromatic nitrogens is 2. The Balaban J connectivity index is 0.00000256. The quantitative estimate of drug-likeness (QED) is 0.561. The summed E-state index contributed by atoms with van der Waals surface area (Å²) in [4.78, 5) is 4.18. The third-order valence-electron chi connectivity index (χ3n) is 5.39. The molecule has 3 atom stereocenters. The molecule has 2 aromatic carbocycles. The van der Waals surface area contributed by atoms with Gasteiger partial charge in [0.2, 0.25) is 0 Å². The van der Waals surface area contributed by atoms with Crippen molar-refractivity contribution in [2.75, 3.05) is 13.7 Å². The molecule has 0 amide bonds. The normalized spacial score (nSPS) is 21.2. The van der Waals surface area contributed by atoms with Gasteiger partial charge in [0.15, 0.2) is 0 Å². The Hall–Kier alpha value is -2.25. The highest BCUT2D eigenvalue weighted by Crippen LogP contribution is 2.31. The van der Waals surface area contributed by atoms with E-state index in [1.165, 1.54) is 6.07 Å². The molecule has 0 aliphatic carbocycles. The van der Waals surface area contributed by atoms with E-state index in [-0.39, 0.29) is 43.1 Å². The molecule has 0 spiro atoms. The minimum absolute atomic E-state index is 0. The molecular formula is C23H26ClFN2O3. The predicted molar refractivity (Wildman–Crippen MR) is 115 cm³/mol. The van der Waals surface area contributed by atoms with Gasteiger partial charge in [-0.2, -0.15) is 0 Å². The fourth-order valence-corrected chi connectivity index (χ4v) is 3.70. The van der Waals surface area contributed by atoms with Gasteiger partial charge in [-0.15, -0.1) is 12.4 Å². The maximum absolute atomic E-state index is 14.6. The van der Waals surface area contributed by atoms with E-state index in [9.17, 15) is 4.39 Å². The van der Waals surface area contributed by atoms with Crippen LogP contribution in [0.25, 0.3) is 5.69 Å². The van der Waals surface area contributed by atoms with E-state index >= 15 is 0 Å². The summed E-state index contributed by atoms with van der Waals surface area (Å²) >= 11 is 0. The highest BCUT2D eigenvalue weighted by molar-refractivity contribution is 5.85. The molecule has 1 aliphatic heterocycles. The monoisotopic (exact) mass is 432 g/mol. The number of rotatable bonds is 6. The second kappa shape index (κ2) is 10.2. The van der Waals surface area contributed by atoms with Gasteiger partial charge >= 0.3 is 0 Å². The molecular weight excluding hydrogens is 407 g/mol. The number of methoxy groups -OCH3 is 1. The van der Waals surface area contributed by atoms with E-state index < -0.39 is 0 Å². The Morgan fingerprint density at radius 1 is 1.17 bits per heavy atom. The summed E-state index contributed by atoms with van der Waals surface area (Å²) in [6.45, 7) is 2.45. The first-order chi connectivity index (χ1) is 14.2. The van der Waals surface area contributed by atoms with E-state index in [0.29, 0.717) is 18.6 Å². The average Bonchev–Trinajstić information content (AvgIpc) is 3.19. The zero-order chi connectivity index (χ0) is 20.2. The second-order valence-corrected chi connectivity index (χ2v) is 7.21. The average molecular weight is 433 g/mol. The van der Waals surface area contributed by atoms with Crippen molar-refractivity contribution in [3.8, 4) is 5.69 Å². The van der Waals surface area contributed by atoms with Crippen LogP contribution in [-0.4, -0.2) is 35.5 Å². The van der Waals surface area contributed by atoms with Gasteiger partial charge in [0.25, 0.3) is 0 Å². The predicted octanol–water partition coefficient (Wildman–Crippen LogP) is 4.80. The molecule has 0 bridgehead atoms. The Kier molecular flexibility index (Phi) is 7.61. The van der Waals surface area contributed by atoms with E-state index in [4.69, 9.17) is 14.2 Å². The Morgan fingerprint density at radius 3 is 2.63 bits per heavy atom. The largest absolute Gasteiger partial charge is 0.379 e. The molecule has 1 aliphatic rings. The minimum atomic E-state index is -0.302. The summed E-state index contributed by atoms with van der Waals surface area (Å²) in [6.07, 6.45) is 3.84. The molecule has 1 fully saturated rings. The number of hydrogen-bond acceptors (Lipinski definition) is 4. The summed E-state index contributed by atoms with van der Waals surface area (Å²) in [5.74, 6) is 0.507. The van der Waals surface area contributed by atoms with Gasteiger partial charge in [-0.05, 0) is 24.6 Å². The lowest BCUT2D eigenvalue weighted by atomic mass is 9.97. The first kappa shape index (κ1) is 22.4. The van der Waals surface area contributed by atoms with Gasteiger partial charge in [-0.25, -0.2) is 9.37 Å². The van der Waals surface area contributed by atoms with Crippen LogP contribution in [0.4, 0.5) is 4.39 Å². The SMILES string of the molecule is COC1CC(c2ccccc2)OCC1OCc1ccc(-n2ccnc2C)cc1F.Cl. The number of aryl methyl sites for hydroxylation is 1. The lowest BCUT2D eigenvalue weighted by molar-refractivity contribution is -0.160. The molecule has 0 N–H and O–H groups in total. The zero-order valence-corrected chi connectivity index (χ0v) is 17.8. The summed E-state index contributed by atoms with van der Waals surface area (Å²) in [7, 11) is 1.68. The maximum atomic E-state index is 14.6. The molecule has 30 heavy (non-hydrogen) atoms. The first-order valence-corrected chi connectivity index (χ1v) is 9.75. The maximum Gasteiger partial charge on any atom is 0.130 e. The van der Waals surface area contributed by atoms with Crippen molar-refractivity contribution in [3.05, 3.63) is 83.7 Å². The van der Waals surface area contributed by atoms with Crippen molar-refractivity contribution < 1.29 is 18.6 Å². The third-order valence-corrected chi connectivity index (χ3v) is 5.39. The fourth-order valence-electron chi connectivity index (χ4n) is 3.70. The van der Waals surface area contributed by atoms with Crippen molar-refractivity contribution in [1.29, 1.82) is 0 Å². The number of ether oxygens (including phenoxy) is 3. The molecule has 2 heterocycles. The van der Waals surface area contributed by atoms with Crippen LogP contribution in [-0.2, 0) is 20.8 Å². The van der Waals surface area contributed by atoms with Crippen LogP contribution in [0.3, 0.4) is 0 Å². The van der Waals surface area contributed by atoms with Gasteiger partial charge in [0, 0.05) is 37.2 Å². The number of halogens is 2. The molecule has 5 nitrogen and oxygen atoms in total. The molecule has 160 valence electrons. The second-order valence-electron chi connectivity index (χ2n) is 7.21. The van der Waals surface area contributed by atoms with Crippen molar-refractivity contribution >= 4 is 12.4 Å². The Labute approximate surface area is 182 Å². The Bertz CT molecular complexity index is 951. The molecule has 7 heteroatoms. The lowest BCUT2D eigenvalue weighted by Gasteiger charge is -2.35. The number of hydrogen-bond donors (Lipinski definition) is 0. The first-order valence-electron chi connectivity index (χ1n) is 9.75. The van der Waals surface area contributed by atoms with Gasteiger partial charge in [-0.1, -0.05) is 36.4 Å². The van der Waals surface area contributed by atoms with Crippen LogP contribution in [0.1, 0.15) is 29.5 Å². The van der Waals surface area contributed by atoms with Crippen LogP contribution in [0, 0.1) is 12.7 Å². The van der Waals surface area contributed by atoms with Gasteiger partial charge in [0.1, 0.15) is 17.7 Å². The van der Waals surface area contributed by atoms with Crippen LogP contribution >= 0.6 is 12.4 Å². The number of imidazole rings is 1. The van der Waals surface area contributed by atoms with Gasteiger partial charge in [0.05, 0.1) is 25.4 Å². The smallest absolute Gasteiger partial charge is 0.130 e. The third kappa shape index (κ3) is 4.90. The molecule has 1 saturated heterocycles. The summed E-state index contributed by atoms with van der Waals surface area (Å²) in [5.41, 5.74) is 2.37. The van der Waals surface area contributed by atoms with E-state index in [1.54, 1.807) is 19.4 Å². The topological polar surface area (TPSA) is 45.5 Å². The van der Waals surface area contributed by atoms with Gasteiger partial charge in [-0.3, -0.25) is 0 Å². The highest BCUT2D eigenvalue weighted by atomic mass is 35.5. The molecule has 4 rings (SSSR count). The minimum Gasteiger partial charge on any atom is -0.379 e. The summed E-state index contributed by atoms with van der Waals surface area (Å²) < 4.78 is 34.1. The van der Waals surface area contributed by atoms with E-state index in [2.05, 4.69) is 17.1 Å². The molecule has 3 unspecified atom stereocenters. The van der Waals surface area contributed by atoms with Crippen LogP contribution < -0.4 is 0 Å². The lowest BCUT2D eigenvalue weighted by Crippen LogP contribution is -2.41. The van der Waals surface area contributed by atoms with Crippen molar-refractivity contribution in [3.63, 3.8) is 0 Å². The van der Waals surface area contributed by atoms with Crippen molar-refractivity contribution in [2.45, 2.75) is 38.3 Å². The molecule has 1 aromatic heterocycles. The van der Waals surface area contributed by atoms with Crippen LogP contribution in [0.5, 0.6) is 0 Å². The Morgan fingerprint density at radius 2 is 1.97 bits per heavy atom. The van der Waals surface area contributed by atoms with Crippen molar-refractivity contribution in [2.24, 2.45) is 0 Å². The molecule has 0 saturated carbocycles. The van der Waals surface area contributed by atoms with Crippen LogP contribution in [0.15, 0.2) is 60.9 Å². The molecule has 3 aromatic rings. The summed E-state index contributed by atoms with van der Waals surface area (Å²) in [6, 6.07) is 15.2. The van der Waals surface area contributed by atoms with E-state index in [0.717, 1.165) is 17.1 Å². The van der Waals surface area contributed by atoms with Gasteiger partial charge < -0.3 is 18.8 Å². The zero-order valence-electron chi connectivity index (χ0n) is 17.0.